The summed E-state index contributed by atoms with van der Waals surface area (Å²) in [6.07, 6.45) is -0.791. The van der Waals surface area contributed by atoms with Crippen LogP contribution in [0.4, 0.5) is 24.8 Å². The van der Waals surface area contributed by atoms with Crippen molar-refractivity contribution in [3.63, 3.8) is 0 Å². The summed E-state index contributed by atoms with van der Waals surface area (Å²) in [7, 11) is 1.60. The minimum Gasteiger partial charge on any atom is -0.496 e. The number of aromatic nitrogens is 4. The third-order valence-electron chi connectivity index (χ3n) is 6.98. The molecule has 36 heavy (non-hydrogen) atoms. The lowest BCUT2D eigenvalue weighted by Gasteiger charge is -2.32. The van der Waals surface area contributed by atoms with Gasteiger partial charge in [-0.3, -0.25) is 9.89 Å². The molecule has 0 radical (unpaired) electrons. The van der Waals surface area contributed by atoms with E-state index in [2.05, 4.69) is 20.2 Å². The molecule has 1 aromatic carbocycles. The SMILES string of the molecule is COc1cc2c3c([nH]c2cc1-c1c(C)noc1C)N(c1c2c(nn1CC(F)(F)F)CCC2)C(C)N=C3. The van der Waals surface area contributed by atoms with Crippen LogP contribution in [0.1, 0.15) is 41.6 Å². The van der Waals surface area contributed by atoms with E-state index in [1.807, 2.05) is 37.8 Å². The smallest absolute Gasteiger partial charge is 0.408 e. The van der Waals surface area contributed by atoms with Crippen molar-refractivity contribution in [1.29, 1.82) is 0 Å². The quantitative estimate of drug-likeness (QED) is 0.395. The average molecular weight is 499 g/mol. The third kappa shape index (κ3) is 3.40. The van der Waals surface area contributed by atoms with Crippen LogP contribution in [0.25, 0.3) is 22.0 Å². The highest BCUT2D eigenvalue weighted by Gasteiger charge is 2.37. The molecule has 0 saturated carbocycles. The molecule has 188 valence electrons. The van der Waals surface area contributed by atoms with E-state index in [4.69, 9.17) is 9.26 Å². The monoisotopic (exact) mass is 498 g/mol. The number of hydrogen-bond donors (Lipinski definition) is 1. The van der Waals surface area contributed by atoms with Gasteiger partial charge >= 0.3 is 6.18 Å². The standard InChI is InChI=1S/C25H25F3N6O2/c1-12-22(13(2)36-32-12)17-8-20-16(9-21(17)35-4)18-10-29-14(3)34(23(18)30-20)24-15-6-5-7-19(15)31-33(24)11-25(26,27)28/h8-10,14,30H,5-7,11H2,1-4H3. The van der Waals surface area contributed by atoms with Crippen molar-refractivity contribution in [3.05, 3.63) is 40.4 Å². The van der Waals surface area contributed by atoms with E-state index in [-0.39, 0.29) is 0 Å². The van der Waals surface area contributed by atoms with Gasteiger partial charge in [-0.05, 0) is 52.2 Å². The van der Waals surface area contributed by atoms with E-state index in [1.165, 1.54) is 0 Å². The largest absolute Gasteiger partial charge is 0.496 e. The first kappa shape index (κ1) is 22.7. The topological polar surface area (TPSA) is 84.5 Å². The van der Waals surface area contributed by atoms with Crippen molar-refractivity contribution in [2.75, 3.05) is 12.0 Å². The molecule has 8 nitrogen and oxygen atoms in total. The summed E-state index contributed by atoms with van der Waals surface area (Å²) < 4.78 is 52.7. The second kappa shape index (κ2) is 7.87. The van der Waals surface area contributed by atoms with Crippen molar-refractivity contribution in [2.24, 2.45) is 4.99 Å². The number of methoxy groups -OCH3 is 1. The number of alkyl halides is 3. The zero-order valence-electron chi connectivity index (χ0n) is 20.3. The lowest BCUT2D eigenvalue weighted by molar-refractivity contribution is -0.142. The number of benzene rings is 1. The van der Waals surface area contributed by atoms with Crippen molar-refractivity contribution >= 4 is 28.8 Å². The van der Waals surface area contributed by atoms with Gasteiger partial charge in [-0.25, -0.2) is 4.68 Å². The molecular weight excluding hydrogens is 473 g/mol. The number of aryl methyl sites for hydroxylation is 3. The molecule has 1 unspecified atom stereocenters. The van der Waals surface area contributed by atoms with Crippen molar-refractivity contribution in [3.8, 4) is 16.9 Å². The molecule has 1 aliphatic heterocycles. The predicted octanol–water partition coefficient (Wildman–Crippen LogP) is 5.61. The van der Waals surface area contributed by atoms with Crippen LogP contribution in [0.5, 0.6) is 5.75 Å². The zero-order chi connectivity index (χ0) is 25.4. The number of hydrogen-bond acceptors (Lipinski definition) is 6. The normalized spacial score (nSPS) is 17.2. The maximum Gasteiger partial charge on any atom is 0.408 e. The van der Waals surface area contributed by atoms with Gasteiger partial charge in [-0.1, -0.05) is 5.16 Å². The molecule has 0 fully saturated rings. The Morgan fingerprint density at radius 1 is 1.22 bits per heavy atom. The lowest BCUT2D eigenvalue weighted by atomic mass is 10.0. The van der Waals surface area contributed by atoms with Crippen LogP contribution in [0.3, 0.4) is 0 Å². The van der Waals surface area contributed by atoms with Crippen LogP contribution < -0.4 is 9.64 Å². The van der Waals surface area contributed by atoms with Gasteiger partial charge in [0, 0.05) is 33.8 Å². The molecule has 2 aliphatic rings. The summed E-state index contributed by atoms with van der Waals surface area (Å²) in [5.41, 5.74) is 5.60. The van der Waals surface area contributed by atoms with E-state index in [9.17, 15) is 13.2 Å². The van der Waals surface area contributed by atoms with E-state index >= 15 is 0 Å². The maximum absolute atomic E-state index is 13.5. The van der Waals surface area contributed by atoms with Crippen LogP contribution in [0.15, 0.2) is 21.6 Å². The summed E-state index contributed by atoms with van der Waals surface area (Å²) in [6, 6.07) is 3.89. The van der Waals surface area contributed by atoms with Gasteiger partial charge in [0.05, 0.1) is 24.1 Å². The molecule has 4 aromatic rings. The maximum atomic E-state index is 13.5. The summed E-state index contributed by atoms with van der Waals surface area (Å²) >= 11 is 0. The minimum atomic E-state index is -4.39. The molecular formula is C25H25F3N6O2. The van der Waals surface area contributed by atoms with Gasteiger partial charge in [0.15, 0.2) is 0 Å². The number of aliphatic imine (C=N–C) groups is 1. The van der Waals surface area contributed by atoms with E-state index in [0.717, 1.165) is 55.6 Å². The number of fused-ring (bicyclic) bond motifs is 4. The second-order valence-corrected chi connectivity index (χ2v) is 9.34. The summed E-state index contributed by atoms with van der Waals surface area (Å²) in [5, 5.41) is 9.29. The molecule has 3 aromatic heterocycles. The molecule has 11 heteroatoms. The fourth-order valence-corrected chi connectivity index (χ4v) is 5.48. The second-order valence-electron chi connectivity index (χ2n) is 9.34. The average Bonchev–Trinajstić information content (AvgIpc) is 3.55. The first-order valence-electron chi connectivity index (χ1n) is 11.8. The third-order valence-corrected chi connectivity index (χ3v) is 6.98. The number of anilines is 2. The van der Waals surface area contributed by atoms with Crippen molar-refractivity contribution in [2.45, 2.75) is 58.9 Å². The van der Waals surface area contributed by atoms with Gasteiger partial charge in [-0.2, -0.15) is 18.3 Å². The fourth-order valence-electron chi connectivity index (χ4n) is 5.48. The molecule has 0 bridgehead atoms. The van der Waals surface area contributed by atoms with Gasteiger partial charge in [0.1, 0.15) is 35.9 Å². The van der Waals surface area contributed by atoms with Crippen LogP contribution in [-0.4, -0.2) is 45.6 Å². The minimum absolute atomic E-state index is 0.414. The summed E-state index contributed by atoms with van der Waals surface area (Å²) in [4.78, 5) is 9.95. The van der Waals surface area contributed by atoms with Crippen LogP contribution in [0.2, 0.25) is 0 Å². The Bertz CT molecular complexity index is 1510. The van der Waals surface area contributed by atoms with E-state index < -0.39 is 18.9 Å². The van der Waals surface area contributed by atoms with Gasteiger partial charge in [0.2, 0.25) is 0 Å². The summed E-state index contributed by atoms with van der Waals surface area (Å²) in [5.74, 6) is 2.45. The Hall–Kier alpha value is -3.76. The molecule has 1 N–H and O–H groups in total. The molecule has 6 rings (SSSR count). The molecule has 0 saturated heterocycles. The Morgan fingerprint density at radius 2 is 2.03 bits per heavy atom. The van der Waals surface area contributed by atoms with Gasteiger partial charge in [-0.15, -0.1) is 0 Å². The number of H-pyrrole nitrogens is 1. The summed E-state index contributed by atoms with van der Waals surface area (Å²) in [6.45, 7) is 4.43. The first-order valence-corrected chi connectivity index (χ1v) is 11.8. The highest BCUT2D eigenvalue weighted by molar-refractivity contribution is 6.08. The number of rotatable bonds is 4. The van der Waals surface area contributed by atoms with Crippen molar-refractivity contribution in [1.82, 2.24) is 19.9 Å². The highest BCUT2D eigenvalue weighted by atomic mass is 19.4. The predicted molar refractivity (Wildman–Crippen MR) is 129 cm³/mol. The Balaban J connectivity index is 1.56. The highest BCUT2D eigenvalue weighted by Crippen LogP contribution is 2.45. The molecule has 0 amide bonds. The number of aromatic amines is 1. The Morgan fingerprint density at radius 3 is 2.72 bits per heavy atom. The number of nitrogens with zero attached hydrogens (tertiary/aromatic N) is 5. The molecule has 0 spiro atoms. The van der Waals surface area contributed by atoms with Crippen LogP contribution in [-0.2, 0) is 19.4 Å². The molecule has 1 atom stereocenters. The molecule has 4 heterocycles. The van der Waals surface area contributed by atoms with Gasteiger partial charge < -0.3 is 14.2 Å². The Kier molecular flexibility index (Phi) is 4.96. The van der Waals surface area contributed by atoms with Crippen LogP contribution >= 0.6 is 0 Å². The van der Waals surface area contributed by atoms with E-state index in [1.54, 1.807) is 13.3 Å². The lowest BCUT2D eigenvalue weighted by Crippen LogP contribution is -2.34. The van der Waals surface area contributed by atoms with E-state index in [0.29, 0.717) is 36.0 Å². The zero-order valence-corrected chi connectivity index (χ0v) is 20.3. The first-order chi connectivity index (χ1) is 17.2. The van der Waals surface area contributed by atoms with Gasteiger partial charge in [0.25, 0.3) is 0 Å². The number of halogens is 3. The fraction of sp³-hybridized carbons (Fsp3) is 0.400. The Labute approximate surface area is 204 Å². The number of ether oxygens (including phenoxy) is 1. The molecule has 1 aliphatic carbocycles. The van der Waals surface area contributed by atoms with Crippen molar-refractivity contribution < 1.29 is 22.4 Å². The van der Waals surface area contributed by atoms with Crippen LogP contribution in [0, 0.1) is 13.8 Å². The number of nitrogens with one attached hydrogen (secondary N) is 1.